The van der Waals surface area contributed by atoms with Gasteiger partial charge in [0.05, 0.1) is 13.0 Å². The van der Waals surface area contributed by atoms with Crippen LogP contribution in [0.2, 0.25) is 0 Å². The Morgan fingerprint density at radius 1 is 1.50 bits per heavy atom. The van der Waals surface area contributed by atoms with Crippen LogP contribution < -0.4 is 0 Å². The molecule has 0 aromatic rings. The number of ether oxygens (including phenoxy) is 1. The number of esters is 1. The molecule has 0 aliphatic heterocycles. The molecule has 0 aromatic carbocycles. The summed E-state index contributed by atoms with van der Waals surface area (Å²) in [4.78, 5) is 11.2. The molecule has 0 saturated heterocycles. The van der Waals surface area contributed by atoms with Crippen LogP contribution in [0.1, 0.15) is 20.8 Å². The van der Waals surface area contributed by atoms with Gasteiger partial charge in [-0.15, -0.1) is 0 Å². The van der Waals surface area contributed by atoms with E-state index in [-0.39, 0.29) is 17.3 Å². The SMILES string of the molecule is CC=CC1[C@@H](C(=O)OC)C1(C)C. The van der Waals surface area contributed by atoms with E-state index in [4.69, 9.17) is 4.74 Å². The van der Waals surface area contributed by atoms with Crippen LogP contribution in [0.4, 0.5) is 0 Å². The van der Waals surface area contributed by atoms with E-state index in [0.717, 1.165) is 0 Å². The zero-order valence-electron chi connectivity index (χ0n) is 8.13. The summed E-state index contributed by atoms with van der Waals surface area (Å²) in [5.41, 5.74) is 0.0968. The van der Waals surface area contributed by atoms with Crippen molar-refractivity contribution < 1.29 is 9.53 Å². The van der Waals surface area contributed by atoms with Gasteiger partial charge < -0.3 is 4.74 Å². The number of rotatable bonds is 2. The monoisotopic (exact) mass is 168 g/mol. The fourth-order valence-corrected chi connectivity index (χ4v) is 1.82. The molecule has 0 N–H and O–H groups in total. The first kappa shape index (κ1) is 9.30. The Bertz CT molecular complexity index is 216. The second-order valence-electron chi connectivity index (χ2n) is 3.87. The molecule has 68 valence electrons. The van der Waals surface area contributed by atoms with Crippen molar-refractivity contribution in [3.8, 4) is 0 Å². The van der Waals surface area contributed by atoms with E-state index in [9.17, 15) is 4.79 Å². The van der Waals surface area contributed by atoms with Gasteiger partial charge in [0.1, 0.15) is 0 Å². The first-order valence-corrected chi connectivity index (χ1v) is 4.26. The average Bonchev–Trinajstić information content (AvgIpc) is 2.53. The lowest BCUT2D eigenvalue weighted by atomic mass is 10.1. The quantitative estimate of drug-likeness (QED) is 0.465. The summed E-state index contributed by atoms with van der Waals surface area (Å²) >= 11 is 0. The Balaban J connectivity index is 2.66. The van der Waals surface area contributed by atoms with E-state index in [1.54, 1.807) is 0 Å². The Morgan fingerprint density at radius 2 is 2.08 bits per heavy atom. The molecule has 1 aliphatic carbocycles. The van der Waals surface area contributed by atoms with E-state index >= 15 is 0 Å². The molecule has 2 nitrogen and oxygen atoms in total. The lowest BCUT2D eigenvalue weighted by Gasteiger charge is -1.98. The van der Waals surface area contributed by atoms with Crippen molar-refractivity contribution >= 4 is 5.97 Å². The molecule has 1 aliphatic rings. The molecular weight excluding hydrogens is 152 g/mol. The maximum Gasteiger partial charge on any atom is 0.309 e. The van der Waals surface area contributed by atoms with Crippen LogP contribution in [-0.4, -0.2) is 13.1 Å². The van der Waals surface area contributed by atoms with Crippen molar-refractivity contribution in [2.45, 2.75) is 20.8 Å². The van der Waals surface area contributed by atoms with Crippen LogP contribution in [0.15, 0.2) is 12.2 Å². The van der Waals surface area contributed by atoms with Gasteiger partial charge in [-0.3, -0.25) is 4.79 Å². The molecule has 0 aromatic heterocycles. The van der Waals surface area contributed by atoms with Crippen molar-refractivity contribution in [3.05, 3.63) is 12.2 Å². The fraction of sp³-hybridized carbons (Fsp3) is 0.700. The molecule has 1 rings (SSSR count). The predicted octanol–water partition coefficient (Wildman–Crippen LogP) is 2.01. The van der Waals surface area contributed by atoms with Crippen LogP contribution in [0.5, 0.6) is 0 Å². The van der Waals surface area contributed by atoms with Gasteiger partial charge in [-0.2, -0.15) is 0 Å². The van der Waals surface area contributed by atoms with Crippen molar-refractivity contribution in [2.24, 2.45) is 17.3 Å². The minimum absolute atomic E-state index is 0.0682. The first-order chi connectivity index (χ1) is 5.55. The van der Waals surface area contributed by atoms with Gasteiger partial charge >= 0.3 is 5.97 Å². The largest absolute Gasteiger partial charge is 0.469 e. The number of carbonyl (C=O) groups excluding carboxylic acids is 1. The van der Waals surface area contributed by atoms with Gasteiger partial charge in [0, 0.05) is 0 Å². The minimum atomic E-state index is -0.0805. The third-order valence-electron chi connectivity index (χ3n) is 2.77. The van der Waals surface area contributed by atoms with Crippen molar-refractivity contribution in [1.29, 1.82) is 0 Å². The van der Waals surface area contributed by atoms with Gasteiger partial charge in [-0.25, -0.2) is 0 Å². The van der Waals surface area contributed by atoms with E-state index in [1.165, 1.54) is 7.11 Å². The predicted molar refractivity (Wildman–Crippen MR) is 47.6 cm³/mol. The highest BCUT2D eigenvalue weighted by Gasteiger charge is 2.60. The second kappa shape index (κ2) is 2.92. The summed E-state index contributed by atoms with van der Waals surface area (Å²) in [5, 5.41) is 0. The Hall–Kier alpha value is -0.790. The normalized spacial score (nSPS) is 32.0. The molecule has 2 atom stereocenters. The third kappa shape index (κ3) is 1.26. The maximum absolute atomic E-state index is 11.2. The summed E-state index contributed by atoms with van der Waals surface area (Å²) < 4.78 is 4.71. The highest BCUT2D eigenvalue weighted by Crippen LogP contribution is 2.59. The Morgan fingerprint density at radius 3 is 2.50 bits per heavy atom. The number of hydrogen-bond acceptors (Lipinski definition) is 2. The summed E-state index contributed by atoms with van der Waals surface area (Å²) in [6, 6.07) is 0. The zero-order valence-corrected chi connectivity index (χ0v) is 8.13. The van der Waals surface area contributed by atoms with Crippen molar-refractivity contribution in [2.75, 3.05) is 7.11 Å². The summed E-state index contributed by atoms with van der Waals surface area (Å²) in [7, 11) is 1.45. The molecule has 12 heavy (non-hydrogen) atoms. The van der Waals surface area contributed by atoms with Gasteiger partial charge in [-0.1, -0.05) is 26.0 Å². The van der Waals surface area contributed by atoms with Crippen LogP contribution in [-0.2, 0) is 9.53 Å². The molecule has 0 amide bonds. The molecule has 2 heteroatoms. The molecule has 1 unspecified atom stereocenters. The van der Waals surface area contributed by atoms with Crippen molar-refractivity contribution in [3.63, 3.8) is 0 Å². The molecule has 0 heterocycles. The van der Waals surface area contributed by atoms with Gasteiger partial charge in [-0.05, 0) is 18.3 Å². The van der Waals surface area contributed by atoms with Crippen LogP contribution >= 0.6 is 0 Å². The standard InChI is InChI=1S/C10H16O2/c1-5-6-7-8(9(11)12-4)10(7,2)3/h5-8H,1-4H3/t7?,8-/m0/s1. The highest BCUT2D eigenvalue weighted by molar-refractivity contribution is 5.78. The lowest BCUT2D eigenvalue weighted by Crippen LogP contribution is -2.07. The van der Waals surface area contributed by atoms with Gasteiger partial charge in [0.15, 0.2) is 0 Å². The van der Waals surface area contributed by atoms with Crippen molar-refractivity contribution in [1.82, 2.24) is 0 Å². The van der Waals surface area contributed by atoms with Gasteiger partial charge in [0.2, 0.25) is 0 Å². The molecule has 0 bridgehead atoms. The molecule has 1 fully saturated rings. The number of methoxy groups -OCH3 is 1. The fourth-order valence-electron chi connectivity index (χ4n) is 1.82. The van der Waals surface area contributed by atoms with E-state index in [0.29, 0.717) is 5.92 Å². The summed E-state index contributed by atoms with van der Waals surface area (Å²) in [6.07, 6.45) is 4.08. The lowest BCUT2D eigenvalue weighted by molar-refractivity contribution is -0.143. The molecular formula is C10H16O2. The third-order valence-corrected chi connectivity index (χ3v) is 2.77. The zero-order chi connectivity index (χ0) is 9.35. The van der Waals surface area contributed by atoms with Crippen LogP contribution in [0.3, 0.4) is 0 Å². The first-order valence-electron chi connectivity index (χ1n) is 4.26. The molecule has 1 saturated carbocycles. The smallest absolute Gasteiger partial charge is 0.309 e. The van der Waals surface area contributed by atoms with E-state index < -0.39 is 0 Å². The number of allylic oxidation sites excluding steroid dienone is 2. The topological polar surface area (TPSA) is 26.3 Å². The molecule has 0 spiro atoms. The summed E-state index contributed by atoms with van der Waals surface area (Å²) in [6.45, 7) is 6.17. The van der Waals surface area contributed by atoms with Crippen LogP contribution in [0.25, 0.3) is 0 Å². The summed E-state index contributed by atoms with van der Waals surface area (Å²) in [5.74, 6) is 0.358. The highest BCUT2D eigenvalue weighted by atomic mass is 16.5. The van der Waals surface area contributed by atoms with E-state index in [1.807, 2.05) is 13.0 Å². The van der Waals surface area contributed by atoms with Gasteiger partial charge in [0.25, 0.3) is 0 Å². The number of hydrogen-bond donors (Lipinski definition) is 0. The van der Waals surface area contributed by atoms with Crippen LogP contribution in [0, 0.1) is 17.3 Å². The maximum atomic E-state index is 11.2. The molecule has 0 radical (unpaired) electrons. The second-order valence-corrected chi connectivity index (χ2v) is 3.87. The number of carbonyl (C=O) groups is 1. The average molecular weight is 168 g/mol. The minimum Gasteiger partial charge on any atom is -0.469 e. The Labute approximate surface area is 73.6 Å². The van der Waals surface area contributed by atoms with E-state index in [2.05, 4.69) is 19.9 Å². The Kier molecular flexibility index (Phi) is 2.27.